The molecular formula is C27H27Cl2NP2. The molecule has 4 rings (SSSR count). The molecule has 1 nitrogen and oxygen atoms in total. The van der Waals surface area contributed by atoms with Crippen LogP contribution in [0.25, 0.3) is 0 Å². The number of hydrogen-bond donors (Lipinski definition) is 0. The second-order valence-electron chi connectivity index (χ2n) is 7.75. The van der Waals surface area contributed by atoms with Gasteiger partial charge in [-0.1, -0.05) is 0 Å². The van der Waals surface area contributed by atoms with Crippen LogP contribution in [0.15, 0.2) is 121 Å². The first kappa shape index (κ1) is 23.4. The van der Waals surface area contributed by atoms with E-state index in [0.717, 1.165) is 18.7 Å². The predicted molar refractivity (Wildman–Crippen MR) is 147 cm³/mol. The Hall–Kier alpha value is -1.72. The fourth-order valence-corrected chi connectivity index (χ4v) is 12.3. The van der Waals surface area contributed by atoms with Crippen molar-refractivity contribution >= 4 is 60.1 Å². The van der Waals surface area contributed by atoms with Gasteiger partial charge < -0.3 is 0 Å². The van der Waals surface area contributed by atoms with E-state index < -0.39 is 15.3 Å². The Morgan fingerprint density at radius 1 is 0.562 bits per heavy atom. The molecule has 0 unspecified atom stereocenters. The summed E-state index contributed by atoms with van der Waals surface area (Å²) in [5, 5.41) is 5.29. The molecule has 0 atom stereocenters. The molecule has 0 spiro atoms. The average molecular weight is 498 g/mol. The van der Waals surface area contributed by atoms with E-state index in [2.05, 4.69) is 109 Å². The van der Waals surface area contributed by atoms with Crippen molar-refractivity contribution in [2.75, 3.05) is 12.3 Å². The molecule has 0 aliphatic heterocycles. The molecule has 0 heterocycles. The average Bonchev–Trinajstić information content (AvgIpc) is 2.86. The van der Waals surface area contributed by atoms with Gasteiger partial charge >= 0.3 is 204 Å². The molecule has 0 aliphatic carbocycles. The first-order valence-electron chi connectivity index (χ1n) is 10.8. The molecule has 0 fully saturated rings. The van der Waals surface area contributed by atoms with Gasteiger partial charge in [-0.2, -0.15) is 0 Å². The number of halogens is 2. The van der Waals surface area contributed by atoms with Crippen LogP contribution in [0.1, 0.15) is 6.42 Å². The van der Waals surface area contributed by atoms with E-state index in [-0.39, 0.29) is 0 Å². The van der Waals surface area contributed by atoms with Crippen LogP contribution in [0.4, 0.5) is 0 Å². The van der Waals surface area contributed by atoms with Crippen molar-refractivity contribution in [2.24, 2.45) is 0 Å². The molecule has 5 heteroatoms. The van der Waals surface area contributed by atoms with Gasteiger partial charge in [0.15, 0.2) is 0 Å². The van der Waals surface area contributed by atoms with E-state index >= 15 is 0 Å². The normalized spacial score (nSPS) is 12.2. The number of rotatable bonds is 9. The molecule has 0 aromatic heterocycles. The standard InChI is InChI=1S/C27H27Cl2NP2/c28-30(29)32(26-18-9-3-10-19-26,27-20-11-4-12-21-27)23-13-22-31(24-14-5-1-6-15-24)25-16-7-2-8-17-25/h1-12,14-21,32H,13,22-23H2. The minimum absolute atomic E-state index is 0.443. The molecule has 4 aromatic rings. The summed E-state index contributed by atoms with van der Waals surface area (Å²) in [6.07, 6.45) is 3.09. The van der Waals surface area contributed by atoms with Gasteiger partial charge in [0.05, 0.1) is 0 Å². The molecule has 164 valence electrons. The molecule has 0 radical (unpaired) electrons. The van der Waals surface area contributed by atoms with Gasteiger partial charge in [-0.15, -0.1) is 0 Å². The Balaban J connectivity index is 1.66. The fraction of sp³-hybridized carbons (Fsp3) is 0.111. The maximum atomic E-state index is 6.68. The van der Waals surface area contributed by atoms with E-state index in [1.807, 2.05) is 12.1 Å². The minimum atomic E-state index is -2.52. The monoisotopic (exact) mass is 497 g/mol. The maximum absolute atomic E-state index is 6.68. The topological polar surface area (TPSA) is 3.24 Å². The van der Waals surface area contributed by atoms with Crippen molar-refractivity contribution in [1.29, 1.82) is 0 Å². The van der Waals surface area contributed by atoms with Gasteiger partial charge in [-0.3, -0.25) is 0 Å². The zero-order valence-electron chi connectivity index (χ0n) is 17.8. The third kappa shape index (κ3) is 5.26. The van der Waals surface area contributed by atoms with Crippen LogP contribution in [0, 0.1) is 0 Å². The third-order valence-electron chi connectivity index (χ3n) is 5.85. The van der Waals surface area contributed by atoms with Crippen molar-refractivity contribution in [3.05, 3.63) is 121 Å². The second kappa shape index (κ2) is 11.4. The first-order chi connectivity index (χ1) is 15.7. The third-order valence-corrected chi connectivity index (χ3v) is 14.4. The quantitative estimate of drug-likeness (QED) is 0.190. The predicted octanol–water partition coefficient (Wildman–Crippen LogP) is 6.43. The molecule has 0 saturated carbocycles. The Labute approximate surface area is 203 Å². The van der Waals surface area contributed by atoms with Gasteiger partial charge in [0, 0.05) is 0 Å². The van der Waals surface area contributed by atoms with Crippen LogP contribution in [0.2, 0.25) is 0 Å². The summed E-state index contributed by atoms with van der Waals surface area (Å²) in [5.74, 6) is 0. The summed E-state index contributed by atoms with van der Waals surface area (Å²) in [6, 6.07) is 42.9. The van der Waals surface area contributed by atoms with Gasteiger partial charge in [0.25, 0.3) is 0 Å². The molecule has 0 N–H and O–H groups in total. The van der Waals surface area contributed by atoms with E-state index in [4.69, 9.17) is 23.6 Å². The Morgan fingerprint density at radius 2 is 0.938 bits per heavy atom. The molecule has 0 bridgehead atoms. The van der Waals surface area contributed by atoms with Crippen LogP contribution in [-0.4, -0.2) is 16.0 Å². The van der Waals surface area contributed by atoms with E-state index in [1.54, 1.807) is 0 Å². The van der Waals surface area contributed by atoms with Gasteiger partial charge in [0.1, 0.15) is 0 Å². The summed E-state index contributed by atoms with van der Waals surface area (Å²) in [6.45, 7) is 0. The van der Waals surface area contributed by atoms with E-state index in [1.165, 1.54) is 24.9 Å². The zero-order chi connectivity index (χ0) is 22.2. The van der Waals surface area contributed by atoms with E-state index in [9.17, 15) is 0 Å². The van der Waals surface area contributed by atoms with Gasteiger partial charge in [-0.05, 0) is 0 Å². The Morgan fingerprint density at radius 3 is 1.31 bits per heavy atom. The van der Waals surface area contributed by atoms with Crippen molar-refractivity contribution < 1.29 is 0 Å². The molecule has 0 saturated heterocycles. The van der Waals surface area contributed by atoms with Crippen molar-refractivity contribution in [1.82, 2.24) is 3.71 Å². The SMILES string of the molecule is ClN(Cl)[PH](CCCP(c1ccccc1)c1ccccc1)(c1ccccc1)c1ccccc1. The second-order valence-corrected chi connectivity index (χ2v) is 15.3. The van der Waals surface area contributed by atoms with Crippen molar-refractivity contribution in [2.45, 2.75) is 6.42 Å². The number of benzene rings is 4. The Bertz CT molecular complexity index is 999. The fourth-order valence-electron chi connectivity index (χ4n) is 4.28. The summed E-state index contributed by atoms with van der Waals surface area (Å²) in [5.41, 5.74) is 0. The summed E-state index contributed by atoms with van der Waals surface area (Å²) >= 11 is 13.4. The number of nitrogens with zero attached hydrogens (tertiary/aromatic N) is 1. The molecule has 4 aromatic carbocycles. The first-order valence-corrected chi connectivity index (χ1v) is 15.2. The molecular weight excluding hydrogens is 471 g/mol. The van der Waals surface area contributed by atoms with Crippen molar-refractivity contribution in [3.8, 4) is 0 Å². The summed E-state index contributed by atoms with van der Waals surface area (Å²) in [7, 11) is -2.96. The zero-order valence-corrected chi connectivity index (χ0v) is 21.2. The van der Waals surface area contributed by atoms with Crippen LogP contribution in [0.5, 0.6) is 0 Å². The van der Waals surface area contributed by atoms with Crippen LogP contribution in [0.3, 0.4) is 0 Å². The van der Waals surface area contributed by atoms with Crippen LogP contribution >= 0.6 is 38.9 Å². The number of hydrogen-bond acceptors (Lipinski definition) is 1. The van der Waals surface area contributed by atoms with Crippen LogP contribution < -0.4 is 21.2 Å². The summed E-state index contributed by atoms with van der Waals surface area (Å²) < 4.78 is 1.49. The molecule has 32 heavy (non-hydrogen) atoms. The molecule has 0 aliphatic rings. The summed E-state index contributed by atoms with van der Waals surface area (Å²) in [4.78, 5) is 0. The van der Waals surface area contributed by atoms with Crippen LogP contribution in [-0.2, 0) is 0 Å². The van der Waals surface area contributed by atoms with Gasteiger partial charge in [0.2, 0.25) is 0 Å². The molecule has 0 amide bonds. The Kier molecular flexibility index (Phi) is 8.37. The van der Waals surface area contributed by atoms with Gasteiger partial charge in [-0.25, -0.2) is 0 Å². The van der Waals surface area contributed by atoms with E-state index in [0.29, 0.717) is 0 Å². The van der Waals surface area contributed by atoms with Crippen molar-refractivity contribution in [3.63, 3.8) is 0 Å².